The summed E-state index contributed by atoms with van der Waals surface area (Å²) in [4.78, 5) is 36.6. The van der Waals surface area contributed by atoms with E-state index in [1.807, 2.05) is 30.3 Å². The van der Waals surface area contributed by atoms with E-state index < -0.39 is 15.2 Å². The van der Waals surface area contributed by atoms with E-state index in [0.29, 0.717) is 26.2 Å². The Hall–Kier alpha value is -4.42. The van der Waals surface area contributed by atoms with Gasteiger partial charge >= 0.3 is 0 Å². The van der Waals surface area contributed by atoms with Crippen LogP contribution in [0, 0.1) is 20.2 Å². The van der Waals surface area contributed by atoms with Crippen LogP contribution in [0.4, 0.5) is 16.5 Å². The van der Waals surface area contributed by atoms with E-state index in [0.717, 1.165) is 5.56 Å². The fourth-order valence-electron chi connectivity index (χ4n) is 3.56. The van der Waals surface area contributed by atoms with Gasteiger partial charge in [-0.05, 0) is 41.5 Å². The minimum Gasteiger partial charge on any atom is -0.268 e. The average Bonchev–Trinajstić information content (AvgIpc) is 3.50. The summed E-state index contributed by atoms with van der Waals surface area (Å²) < 4.78 is 0. The van der Waals surface area contributed by atoms with Gasteiger partial charge in [0.05, 0.1) is 14.8 Å². The van der Waals surface area contributed by atoms with Crippen LogP contribution in [0.15, 0.2) is 83.8 Å². The fraction of sp³-hybridized carbons (Fsp3) is 0.0417. The van der Waals surface area contributed by atoms with E-state index in [1.54, 1.807) is 30.3 Å². The normalized spacial score (nSPS) is 16.4. The zero-order chi connectivity index (χ0) is 25.2. The van der Waals surface area contributed by atoms with Crippen molar-refractivity contribution in [3.63, 3.8) is 0 Å². The summed E-state index contributed by atoms with van der Waals surface area (Å²) in [6.45, 7) is 0. The Balaban J connectivity index is 1.53. The average molecular weight is 518 g/mol. The SMILES string of the molecule is O=C1/C(=C/c2ccc([N+](=O)[O-])cc2)SC(c2ccc([N+](=O)[O-])cc2)N1c1nnc(-c2ccccc2)s1. The Morgan fingerprint density at radius 3 is 2.06 bits per heavy atom. The van der Waals surface area contributed by atoms with E-state index in [1.165, 1.54) is 52.3 Å². The highest BCUT2D eigenvalue weighted by Crippen LogP contribution is 2.49. The predicted molar refractivity (Wildman–Crippen MR) is 137 cm³/mol. The lowest BCUT2D eigenvalue weighted by atomic mass is 10.2. The number of carbonyl (C=O) groups is 1. The molecule has 0 saturated carbocycles. The number of rotatable bonds is 6. The molecule has 1 unspecified atom stereocenters. The molecule has 36 heavy (non-hydrogen) atoms. The van der Waals surface area contributed by atoms with Crippen molar-refractivity contribution in [2.45, 2.75) is 5.37 Å². The molecule has 4 aromatic rings. The highest BCUT2D eigenvalue weighted by Gasteiger charge is 2.40. The third-order valence-corrected chi connectivity index (χ3v) is 7.56. The van der Waals surface area contributed by atoms with Gasteiger partial charge in [-0.3, -0.25) is 29.9 Å². The zero-order valence-electron chi connectivity index (χ0n) is 18.3. The molecule has 1 aromatic heterocycles. The Morgan fingerprint density at radius 1 is 0.833 bits per heavy atom. The monoisotopic (exact) mass is 517 g/mol. The summed E-state index contributed by atoms with van der Waals surface area (Å²) in [7, 11) is 0. The molecule has 1 aliphatic heterocycles. The number of anilines is 1. The van der Waals surface area contributed by atoms with E-state index in [4.69, 9.17) is 0 Å². The number of non-ortho nitro benzene ring substituents is 2. The summed E-state index contributed by atoms with van der Waals surface area (Å²) >= 11 is 2.54. The molecule has 0 aliphatic carbocycles. The van der Waals surface area contributed by atoms with Crippen molar-refractivity contribution in [3.05, 3.63) is 115 Å². The van der Waals surface area contributed by atoms with Crippen molar-refractivity contribution in [2.24, 2.45) is 0 Å². The lowest BCUT2D eigenvalue weighted by molar-refractivity contribution is -0.385. The van der Waals surface area contributed by atoms with Gasteiger partial charge in [0.1, 0.15) is 10.4 Å². The van der Waals surface area contributed by atoms with Gasteiger partial charge in [0.2, 0.25) is 5.13 Å². The van der Waals surface area contributed by atoms with Crippen molar-refractivity contribution < 1.29 is 14.6 Å². The van der Waals surface area contributed by atoms with E-state index in [2.05, 4.69) is 10.2 Å². The number of nitrogens with zero attached hydrogens (tertiary/aromatic N) is 5. The molecule has 1 saturated heterocycles. The number of hydrogen-bond acceptors (Lipinski definition) is 9. The number of aromatic nitrogens is 2. The standard InChI is InChI=1S/C24H15N5O5S2/c30-22-20(14-15-6-10-18(11-7-15)28(31)32)35-23(17-8-12-19(13-9-17)29(33)34)27(22)24-26-25-21(36-24)16-4-2-1-3-5-16/h1-14,23H/b20-14-. The first-order valence-corrected chi connectivity index (χ1v) is 12.2. The van der Waals surface area contributed by atoms with Crippen LogP contribution in [0.25, 0.3) is 16.6 Å². The van der Waals surface area contributed by atoms with E-state index in [-0.39, 0.29) is 17.3 Å². The van der Waals surface area contributed by atoms with Crippen LogP contribution in [0.3, 0.4) is 0 Å². The minimum absolute atomic E-state index is 0.0461. The van der Waals surface area contributed by atoms with Crippen LogP contribution < -0.4 is 4.90 Å². The second kappa shape index (κ2) is 9.68. The smallest absolute Gasteiger partial charge is 0.268 e. The number of hydrogen-bond donors (Lipinski definition) is 0. The van der Waals surface area contributed by atoms with Crippen LogP contribution in [0.2, 0.25) is 0 Å². The highest BCUT2D eigenvalue weighted by atomic mass is 32.2. The second-order valence-electron chi connectivity index (χ2n) is 7.61. The van der Waals surface area contributed by atoms with Crippen molar-refractivity contribution in [3.8, 4) is 10.6 Å². The molecule has 3 aromatic carbocycles. The first-order valence-electron chi connectivity index (χ1n) is 10.5. The number of benzene rings is 3. The van der Waals surface area contributed by atoms with Crippen molar-refractivity contribution in [1.29, 1.82) is 0 Å². The zero-order valence-corrected chi connectivity index (χ0v) is 19.9. The van der Waals surface area contributed by atoms with Gasteiger partial charge in [-0.1, -0.05) is 53.4 Å². The molecule has 12 heteroatoms. The lowest BCUT2D eigenvalue weighted by Crippen LogP contribution is -2.27. The molecule has 1 fully saturated rings. The van der Waals surface area contributed by atoms with Gasteiger partial charge in [0.25, 0.3) is 17.3 Å². The molecular formula is C24H15N5O5S2. The van der Waals surface area contributed by atoms with Crippen LogP contribution >= 0.6 is 23.1 Å². The van der Waals surface area contributed by atoms with Crippen LogP contribution in [-0.2, 0) is 4.79 Å². The molecule has 0 radical (unpaired) electrons. The Labute approximate surface area is 212 Å². The predicted octanol–water partition coefficient (Wildman–Crippen LogP) is 5.84. The molecule has 5 rings (SSSR count). The number of carbonyl (C=O) groups excluding carboxylic acids is 1. The molecule has 2 heterocycles. The Kier molecular flexibility index (Phi) is 6.27. The summed E-state index contributed by atoms with van der Waals surface area (Å²) in [5.41, 5.74) is 2.08. The molecule has 0 N–H and O–H groups in total. The number of thioether (sulfide) groups is 1. The van der Waals surface area contributed by atoms with Crippen LogP contribution in [0.5, 0.6) is 0 Å². The third-order valence-electron chi connectivity index (χ3n) is 5.33. The Bertz CT molecular complexity index is 1490. The summed E-state index contributed by atoms with van der Waals surface area (Å²) in [5, 5.41) is 31.1. The summed E-state index contributed by atoms with van der Waals surface area (Å²) in [6.07, 6.45) is 1.66. The van der Waals surface area contributed by atoms with Gasteiger partial charge in [-0.2, -0.15) is 0 Å². The van der Waals surface area contributed by atoms with Crippen molar-refractivity contribution in [1.82, 2.24) is 10.2 Å². The largest absolute Gasteiger partial charge is 0.269 e. The molecule has 0 spiro atoms. The first-order chi connectivity index (χ1) is 17.4. The van der Waals surface area contributed by atoms with Crippen molar-refractivity contribution in [2.75, 3.05) is 4.90 Å². The fourth-order valence-corrected chi connectivity index (χ4v) is 5.74. The molecule has 10 nitrogen and oxygen atoms in total. The summed E-state index contributed by atoms with van der Waals surface area (Å²) in [5.74, 6) is -0.308. The van der Waals surface area contributed by atoms with Gasteiger partial charge in [0.15, 0.2) is 0 Å². The van der Waals surface area contributed by atoms with Gasteiger partial charge in [-0.15, -0.1) is 10.2 Å². The van der Waals surface area contributed by atoms with Gasteiger partial charge < -0.3 is 0 Å². The Morgan fingerprint density at radius 2 is 1.44 bits per heavy atom. The maximum atomic E-state index is 13.5. The first kappa shape index (κ1) is 23.3. The molecule has 0 bridgehead atoms. The maximum Gasteiger partial charge on any atom is 0.269 e. The van der Waals surface area contributed by atoms with E-state index in [9.17, 15) is 25.0 Å². The molecule has 1 atom stereocenters. The van der Waals surface area contributed by atoms with Gasteiger partial charge in [0, 0.05) is 29.8 Å². The quantitative estimate of drug-likeness (QED) is 0.177. The van der Waals surface area contributed by atoms with Crippen molar-refractivity contribution >= 4 is 51.6 Å². The highest BCUT2D eigenvalue weighted by molar-refractivity contribution is 8.05. The molecular weight excluding hydrogens is 502 g/mol. The van der Waals surface area contributed by atoms with Crippen LogP contribution in [-0.4, -0.2) is 26.0 Å². The third kappa shape index (κ3) is 4.59. The minimum atomic E-state index is -0.529. The lowest BCUT2D eigenvalue weighted by Gasteiger charge is -2.20. The second-order valence-corrected chi connectivity index (χ2v) is 9.69. The number of nitro groups is 2. The molecule has 178 valence electrons. The number of nitro benzene ring substituents is 2. The summed E-state index contributed by atoms with van der Waals surface area (Å²) in [6, 6.07) is 21.4. The number of amides is 1. The topological polar surface area (TPSA) is 132 Å². The van der Waals surface area contributed by atoms with Gasteiger partial charge in [-0.25, -0.2) is 0 Å². The van der Waals surface area contributed by atoms with E-state index >= 15 is 0 Å². The molecule has 1 aliphatic rings. The maximum absolute atomic E-state index is 13.5. The van der Waals surface area contributed by atoms with Crippen LogP contribution in [0.1, 0.15) is 16.5 Å². The molecule has 1 amide bonds.